The highest BCUT2D eigenvalue weighted by atomic mass is 35.5. The molecular formula is C19H18ClN3O2S. The van der Waals surface area contributed by atoms with E-state index >= 15 is 0 Å². The summed E-state index contributed by atoms with van der Waals surface area (Å²) in [5.74, 6) is 1.83. The number of hydrogen-bond donors (Lipinski definition) is 0. The first kappa shape index (κ1) is 18.5. The number of Topliss-reactive ketones (excluding diaryl/α,β-unsaturated/α-hetero) is 1. The number of halogens is 1. The Hall–Kier alpha value is -2.31. The fourth-order valence-corrected chi connectivity index (χ4v) is 3.26. The Morgan fingerprint density at radius 2 is 1.88 bits per heavy atom. The number of aryl methyl sites for hydroxylation is 1. The van der Waals surface area contributed by atoms with Crippen molar-refractivity contribution in [1.82, 2.24) is 14.8 Å². The molecule has 0 saturated carbocycles. The molecule has 1 heterocycles. The van der Waals surface area contributed by atoms with Gasteiger partial charge >= 0.3 is 0 Å². The molecule has 134 valence electrons. The van der Waals surface area contributed by atoms with Crippen molar-refractivity contribution in [1.29, 1.82) is 0 Å². The summed E-state index contributed by atoms with van der Waals surface area (Å²) in [5, 5.41) is 9.60. The Morgan fingerprint density at radius 3 is 2.62 bits per heavy atom. The average Bonchev–Trinajstić information content (AvgIpc) is 2.99. The Bertz CT molecular complexity index is 909. The van der Waals surface area contributed by atoms with Gasteiger partial charge in [0.05, 0.1) is 5.75 Å². The third kappa shape index (κ3) is 4.45. The van der Waals surface area contributed by atoms with Crippen LogP contribution in [0.15, 0.2) is 53.7 Å². The highest BCUT2D eigenvalue weighted by Gasteiger charge is 2.13. The summed E-state index contributed by atoms with van der Waals surface area (Å²) in [7, 11) is 1.87. The molecule has 0 aliphatic carbocycles. The van der Waals surface area contributed by atoms with Gasteiger partial charge in [0.1, 0.15) is 12.4 Å². The van der Waals surface area contributed by atoms with Crippen LogP contribution in [0, 0.1) is 6.92 Å². The lowest BCUT2D eigenvalue weighted by Crippen LogP contribution is -2.06. The predicted octanol–water partition coefficient (Wildman–Crippen LogP) is 4.33. The zero-order valence-electron chi connectivity index (χ0n) is 14.5. The third-order valence-corrected chi connectivity index (χ3v) is 5.15. The standard InChI is InChI=1S/C19H18ClN3O2S/c1-13-5-3-4-6-17(13)25-11-18-21-22-19(23(18)2)26-12-16(24)14-7-9-15(20)10-8-14/h3-10H,11-12H2,1-2H3. The van der Waals surface area contributed by atoms with Crippen LogP contribution >= 0.6 is 23.4 Å². The SMILES string of the molecule is Cc1ccccc1OCc1nnc(SCC(=O)c2ccc(Cl)cc2)n1C. The average molecular weight is 388 g/mol. The molecule has 0 N–H and O–H groups in total. The van der Waals surface area contributed by atoms with Crippen molar-refractivity contribution in [2.24, 2.45) is 7.05 Å². The molecule has 0 bridgehead atoms. The van der Waals surface area contributed by atoms with E-state index in [4.69, 9.17) is 16.3 Å². The first-order valence-corrected chi connectivity index (χ1v) is 9.39. The molecule has 0 aliphatic heterocycles. The largest absolute Gasteiger partial charge is 0.485 e. The number of aromatic nitrogens is 3. The highest BCUT2D eigenvalue weighted by Crippen LogP contribution is 2.21. The Labute approximate surface area is 161 Å². The quantitative estimate of drug-likeness (QED) is 0.446. The van der Waals surface area contributed by atoms with E-state index in [9.17, 15) is 4.79 Å². The Balaban J connectivity index is 1.59. The number of benzene rings is 2. The summed E-state index contributed by atoms with van der Waals surface area (Å²) in [6.07, 6.45) is 0. The van der Waals surface area contributed by atoms with Crippen LogP contribution in [0.25, 0.3) is 0 Å². The van der Waals surface area contributed by atoms with Crippen molar-refractivity contribution in [2.45, 2.75) is 18.7 Å². The van der Waals surface area contributed by atoms with E-state index in [1.54, 1.807) is 24.3 Å². The number of thioether (sulfide) groups is 1. The first-order valence-electron chi connectivity index (χ1n) is 8.03. The predicted molar refractivity (Wildman–Crippen MR) is 103 cm³/mol. The van der Waals surface area contributed by atoms with Gasteiger partial charge in [-0.1, -0.05) is 41.6 Å². The molecule has 0 saturated heterocycles. The minimum atomic E-state index is 0.0207. The lowest BCUT2D eigenvalue weighted by molar-refractivity contribution is 0.102. The second-order valence-corrected chi connectivity index (χ2v) is 7.11. The van der Waals surface area contributed by atoms with Gasteiger partial charge in [0.15, 0.2) is 16.8 Å². The number of nitrogens with zero attached hydrogens (tertiary/aromatic N) is 3. The van der Waals surface area contributed by atoms with Crippen molar-refractivity contribution in [3.05, 3.63) is 70.5 Å². The third-order valence-electron chi connectivity index (χ3n) is 3.87. The normalized spacial score (nSPS) is 10.7. The highest BCUT2D eigenvalue weighted by molar-refractivity contribution is 7.99. The van der Waals surface area contributed by atoms with E-state index in [-0.39, 0.29) is 11.5 Å². The lowest BCUT2D eigenvalue weighted by Gasteiger charge is -2.08. The molecule has 0 atom stereocenters. The van der Waals surface area contributed by atoms with Crippen LogP contribution in [0.5, 0.6) is 5.75 Å². The lowest BCUT2D eigenvalue weighted by atomic mass is 10.1. The second kappa shape index (κ2) is 8.38. The summed E-state index contributed by atoms with van der Waals surface area (Å²) in [6, 6.07) is 14.7. The van der Waals surface area contributed by atoms with Gasteiger partial charge in [-0.3, -0.25) is 4.79 Å². The van der Waals surface area contributed by atoms with Crippen molar-refractivity contribution >= 4 is 29.1 Å². The van der Waals surface area contributed by atoms with Crippen LogP contribution in [0.1, 0.15) is 21.7 Å². The number of hydrogen-bond acceptors (Lipinski definition) is 5. The van der Waals surface area contributed by atoms with Crippen molar-refractivity contribution < 1.29 is 9.53 Å². The van der Waals surface area contributed by atoms with E-state index in [0.29, 0.717) is 28.2 Å². The van der Waals surface area contributed by atoms with Gasteiger partial charge in [-0.25, -0.2) is 0 Å². The Morgan fingerprint density at radius 1 is 1.15 bits per heavy atom. The summed E-state index contributed by atoms with van der Waals surface area (Å²) >= 11 is 7.20. The topological polar surface area (TPSA) is 57.0 Å². The van der Waals surface area contributed by atoms with E-state index in [1.165, 1.54) is 11.8 Å². The fourth-order valence-electron chi connectivity index (χ4n) is 2.31. The molecule has 0 spiro atoms. The minimum Gasteiger partial charge on any atom is -0.485 e. The summed E-state index contributed by atoms with van der Waals surface area (Å²) < 4.78 is 7.66. The van der Waals surface area contributed by atoms with Crippen molar-refractivity contribution in [2.75, 3.05) is 5.75 Å². The smallest absolute Gasteiger partial charge is 0.191 e. The van der Waals surface area contributed by atoms with Crippen LogP contribution in [-0.4, -0.2) is 26.3 Å². The van der Waals surface area contributed by atoms with Gasteiger partial charge in [0.25, 0.3) is 0 Å². The first-order chi connectivity index (χ1) is 12.5. The fraction of sp³-hybridized carbons (Fsp3) is 0.211. The molecule has 3 aromatic rings. The van der Waals surface area contributed by atoms with Crippen LogP contribution in [0.2, 0.25) is 5.02 Å². The molecule has 5 nitrogen and oxygen atoms in total. The molecule has 1 aromatic heterocycles. The van der Waals surface area contributed by atoms with Gasteiger partial charge in [0, 0.05) is 17.6 Å². The van der Waals surface area contributed by atoms with Gasteiger partial charge in [-0.15, -0.1) is 10.2 Å². The van der Waals surface area contributed by atoms with Gasteiger partial charge in [-0.2, -0.15) is 0 Å². The molecule has 0 radical (unpaired) electrons. The molecule has 7 heteroatoms. The number of para-hydroxylation sites is 1. The molecule has 3 rings (SSSR count). The van der Waals surface area contributed by atoms with Gasteiger partial charge in [0.2, 0.25) is 0 Å². The Kier molecular flexibility index (Phi) is 5.96. The van der Waals surface area contributed by atoms with Crippen LogP contribution in [0.3, 0.4) is 0 Å². The van der Waals surface area contributed by atoms with Crippen LogP contribution in [-0.2, 0) is 13.7 Å². The molecule has 0 aliphatic rings. The van der Waals surface area contributed by atoms with E-state index in [0.717, 1.165) is 11.3 Å². The molecule has 26 heavy (non-hydrogen) atoms. The van der Waals surface area contributed by atoms with Crippen molar-refractivity contribution in [3.63, 3.8) is 0 Å². The van der Waals surface area contributed by atoms with Gasteiger partial charge < -0.3 is 9.30 Å². The molecule has 0 fully saturated rings. The number of carbonyl (C=O) groups is 1. The molecule has 2 aromatic carbocycles. The maximum atomic E-state index is 12.2. The summed E-state index contributed by atoms with van der Waals surface area (Å²) in [6.45, 7) is 2.32. The monoisotopic (exact) mass is 387 g/mol. The zero-order valence-corrected chi connectivity index (χ0v) is 16.0. The minimum absolute atomic E-state index is 0.0207. The maximum Gasteiger partial charge on any atom is 0.191 e. The zero-order chi connectivity index (χ0) is 18.5. The molecule has 0 amide bonds. The maximum absolute atomic E-state index is 12.2. The number of carbonyl (C=O) groups excluding carboxylic acids is 1. The van der Waals surface area contributed by atoms with Gasteiger partial charge in [-0.05, 0) is 42.8 Å². The van der Waals surface area contributed by atoms with E-state index in [1.807, 2.05) is 42.8 Å². The van der Waals surface area contributed by atoms with Crippen LogP contribution in [0.4, 0.5) is 0 Å². The summed E-state index contributed by atoms with van der Waals surface area (Å²) in [4.78, 5) is 12.2. The summed E-state index contributed by atoms with van der Waals surface area (Å²) in [5.41, 5.74) is 1.70. The number of ether oxygens (including phenoxy) is 1. The van der Waals surface area contributed by atoms with Crippen LogP contribution < -0.4 is 4.74 Å². The molecular weight excluding hydrogens is 370 g/mol. The number of ketones is 1. The molecule has 0 unspecified atom stereocenters. The van der Waals surface area contributed by atoms with E-state index in [2.05, 4.69) is 10.2 Å². The van der Waals surface area contributed by atoms with E-state index < -0.39 is 0 Å². The van der Waals surface area contributed by atoms with Crippen molar-refractivity contribution in [3.8, 4) is 5.75 Å². The number of rotatable bonds is 7. The second-order valence-electron chi connectivity index (χ2n) is 5.73.